The summed E-state index contributed by atoms with van der Waals surface area (Å²) in [6.45, 7) is 3.74. The molecular formula is C21H22N2OS2. The molecule has 1 amide bonds. The van der Waals surface area contributed by atoms with Crippen LogP contribution in [0.3, 0.4) is 0 Å². The number of hydrogen-bond acceptors (Lipinski definition) is 3. The Morgan fingerprint density at radius 2 is 2.08 bits per heavy atom. The number of hydrogen-bond donors (Lipinski definition) is 1. The predicted molar refractivity (Wildman–Crippen MR) is 112 cm³/mol. The van der Waals surface area contributed by atoms with Gasteiger partial charge in [0.15, 0.2) is 0 Å². The molecule has 0 saturated carbocycles. The van der Waals surface area contributed by atoms with E-state index in [-0.39, 0.29) is 5.91 Å². The Balaban J connectivity index is 1.48. The van der Waals surface area contributed by atoms with Crippen LogP contribution in [0.15, 0.2) is 58.3 Å². The molecule has 0 saturated heterocycles. The van der Waals surface area contributed by atoms with Crippen LogP contribution in [0.25, 0.3) is 10.9 Å². The topological polar surface area (TPSA) is 34.0 Å². The van der Waals surface area contributed by atoms with Gasteiger partial charge in [0, 0.05) is 33.5 Å². The van der Waals surface area contributed by atoms with E-state index in [0.29, 0.717) is 11.8 Å². The second-order valence-corrected chi connectivity index (χ2v) is 8.98. The third-order valence-electron chi connectivity index (χ3n) is 4.74. The Morgan fingerprint density at radius 1 is 1.27 bits per heavy atom. The summed E-state index contributed by atoms with van der Waals surface area (Å²) in [5.41, 5.74) is 3.22. The maximum absolute atomic E-state index is 12.8. The summed E-state index contributed by atoms with van der Waals surface area (Å²) in [5.74, 6) is 0.0204. The lowest BCUT2D eigenvalue weighted by atomic mass is 10.1. The lowest BCUT2D eigenvalue weighted by Crippen LogP contribution is -2.29. The highest BCUT2D eigenvalue weighted by Gasteiger charge is 2.23. The molecule has 1 N–H and O–H groups in total. The summed E-state index contributed by atoms with van der Waals surface area (Å²) in [4.78, 5) is 15.3. The highest BCUT2D eigenvalue weighted by Crippen LogP contribution is 2.38. The molecule has 2 aromatic carbocycles. The Morgan fingerprint density at radius 3 is 2.85 bits per heavy atom. The second kappa shape index (κ2) is 7.41. The van der Waals surface area contributed by atoms with Crippen LogP contribution >= 0.6 is 23.5 Å². The van der Waals surface area contributed by atoms with Gasteiger partial charge < -0.3 is 9.88 Å². The molecule has 1 aliphatic rings. The average Bonchev–Trinajstić information content (AvgIpc) is 3.02. The first-order chi connectivity index (χ1) is 12.7. The molecule has 3 aromatic rings. The van der Waals surface area contributed by atoms with E-state index >= 15 is 0 Å². The molecule has 0 aliphatic carbocycles. The third kappa shape index (κ3) is 3.38. The SMILES string of the molecule is CSc1ccc(CCNC(=O)c2cc3cccc4c3n2C[C@@H](C)S4)cc1. The normalized spacial score (nSPS) is 16.0. The van der Waals surface area contributed by atoms with E-state index in [1.807, 2.05) is 17.8 Å². The first-order valence-corrected chi connectivity index (χ1v) is 11.0. The van der Waals surface area contributed by atoms with E-state index in [0.717, 1.165) is 24.0 Å². The number of nitrogens with zero attached hydrogens (tertiary/aromatic N) is 1. The molecule has 0 fully saturated rings. The van der Waals surface area contributed by atoms with Crippen LogP contribution in [0.4, 0.5) is 0 Å². The Kier molecular flexibility index (Phi) is 5.00. The van der Waals surface area contributed by atoms with Crippen molar-refractivity contribution in [3.63, 3.8) is 0 Å². The van der Waals surface area contributed by atoms with Gasteiger partial charge in [-0.2, -0.15) is 0 Å². The standard InChI is InChI=1S/C21H22N2OS2/c1-14-13-23-18(12-16-4-3-5-19(26-14)20(16)23)21(24)22-11-10-15-6-8-17(25-2)9-7-15/h3-9,12,14H,10-11,13H2,1-2H3,(H,22,24)/t14-/m1/s1. The summed E-state index contributed by atoms with van der Waals surface area (Å²) in [5, 5.41) is 4.72. The smallest absolute Gasteiger partial charge is 0.267 e. The molecule has 1 atom stereocenters. The molecule has 3 nitrogen and oxygen atoms in total. The summed E-state index contributed by atoms with van der Waals surface area (Å²) in [7, 11) is 0. The van der Waals surface area contributed by atoms with E-state index in [4.69, 9.17) is 0 Å². The number of thioether (sulfide) groups is 2. The van der Waals surface area contributed by atoms with Gasteiger partial charge in [-0.05, 0) is 42.5 Å². The zero-order chi connectivity index (χ0) is 18.1. The number of nitrogens with one attached hydrogen (secondary N) is 1. The number of rotatable bonds is 5. The lowest BCUT2D eigenvalue weighted by molar-refractivity contribution is 0.0945. The summed E-state index contributed by atoms with van der Waals surface area (Å²) in [6, 6.07) is 16.9. The van der Waals surface area contributed by atoms with Gasteiger partial charge in [-0.3, -0.25) is 4.79 Å². The fraction of sp³-hybridized carbons (Fsp3) is 0.286. The quantitative estimate of drug-likeness (QED) is 0.642. The molecule has 0 radical (unpaired) electrons. The number of para-hydroxylation sites is 1. The highest BCUT2D eigenvalue weighted by atomic mass is 32.2. The molecule has 1 aliphatic heterocycles. The van der Waals surface area contributed by atoms with Crippen molar-refractivity contribution < 1.29 is 4.79 Å². The largest absolute Gasteiger partial charge is 0.350 e. The van der Waals surface area contributed by atoms with Crippen molar-refractivity contribution in [3.05, 3.63) is 59.8 Å². The molecule has 0 spiro atoms. The summed E-state index contributed by atoms with van der Waals surface area (Å²) >= 11 is 3.64. The maximum Gasteiger partial charge on any atom is 0.267 e. The molecule has 0 bridgehead atoms. The van der Waals surface area contributed by atoms with E-state index in [2.05, 4.69) is 65.5 Å². The van der Waals surface area contributed by atoms with Gasteiger partial charge in [0.05, 0.1) is 5.52 Å². The molecule has 2 heterocycles. The van der Waals surface area contributed by atoms with E-state index in [9.17, 15) is 4.79 Å². The van der Waals surface area contributed by atoms with Crippen LogP contribution in [0.5, 0.6) is 0 Å². The minimum atomic E-state index is 0.0204. The molecule has 1 aromatic heterocycles. The zero-order valence-corrected chi connectivity index (χ0v) is 16.6. The fourth-order valence-corrected chi connectivity index (χ4v) is 5.04. The maximum atomic E-state index is 12.8. The van der Waals surface area contributed by atoms with Crippen molar-refractivity contribution >= 4 is 40.3 Å². The van der Waals surface area contributed by atoms with Gasteiger partial charge in [0.2, 0.25) is 0 Å². The van der Waals surface area contributed by atoms with Gasteiger partial charge in [-0.15, -0.1) is 23.5 Å². The fourth-order valence-electron chi connectivity index (χ4n) is 3.48. The number of aromatic nitrogens is 1. The molecule has 134 valence electrons. The first kappa shape index (κ1) is 17.6. The zero-order valence-electron chi connectivity index (χ0n) is 15.0. The summed E-state index contributed by atoms with van der Waals surface area (Å²) < 4.78 is 2.19. The van der Waals surface area contributed by atoms with Crippen molar-refractivity contribution in [3.8, 4) is 0 Å². The van der Waals surface area contributed by atoms with E-state index in [1.165, 1.54) is 20.9 Å². The van der Waals surface area contributed by atoms with Crippen molar-refractivity contribution in [1.82, 2.24) is 9.88 Å². The first-order valence-electron chi connectivity index (χ1n) is 8.86. The number of benzene rings is 2. The van der Waals surface area contributed by atoms with Gasteiger partial charge in [-0.25, -0.2) is 0 Å². The molecule has 0 unspecified atom stereocenters. The average molecular weight is 383 g/mol. The third-order valence-corrected chi connectivity index (χ3v) is 6.62. The van der Waals surface area contributed by atoms with Crippen LogP contribution in [0.2, 0.25) is 0 Å². The van der Waals surface area contributed by atoms with Crippen LogP contribution in [0, 0.1) is 0 Å². The van der Waals surface area contributed by atoms with E-state index < -0.39 is 0 Å². The van der Waals surface area contributed by atoms with Crippen molar-refractivity contribution in [2.45, 2.75) is 34.9 Å². The van der Waals surface area contributed by atoms with Crippen molar-refractivity contribution in [2.24, 2.45) is 0 Å². The summed E-state index contributed by atoms with van der Waals surface area (Å²) in [6.07, 6.45) is 2.92. The second-order valence-electron chi connectivity index (χ2n) is 6.62. The molecule has 5 heteroatoms. The number of carbonyl (C=O) groups is 1. The number of amides is 1. The lowest BCUT2D eigenvalue weighted by Gasteiger charge is -2.22. The van der Waals surface area contributed by atoms with Gasteiger partial charge in [-0.1, -0.05) is 31.2 Å². The molecule has 26 heavy (non-hydrogen) atoms. The highest BCUT2D eigenvalue weighted by molar-refractivity contribution is 8.00. The Labute approximate surface area is 162 Å². The Bertz CT molecular complexity index is 947. The van der Waals surface area contributed by atoms with Crippen LogP contribution in [0.1, 0.15) is 23.0 Å². The van der Waals surface area contributed by atoms with Gasteiger partial charge >= 0.3 is 0 Å². The minimum absolute atomic E-state index is 0.0204. The van der Waals surface area contributed by atoms with Gasteiger partial charge in [0.25, 0.3) is 5.91 Å². The number of carbonyl (C=O) groups excluding carboxylic acids is 1. The minimum Gasteiger partial charge on any atom is -0.350 e. The predicted octanol–water partition coefficient (Wildman–Crippen LogP) is 4.83. The molecule has 4 rings (SSSR count). The van der Waals surface area contributed by atoms with Crippen molar-refractivity contribution in [1.29, 1.82) is 0 Å². The molecular weight excluding hydrogens is 360 g/mol. The van der Waals surface area contributed by atoms with Gasteiger partial charge in [0.1, 0.15) is 5.69 Å². The van der Waals surface area contributed by atoms with Crippen LogP contribution in [-0.4, -0.2) is 28.5 Å². The van der Waals surface area contributed by atoms with Crippen LogP contribution < -0.4 is 5.32 Å². The monoisotopic (exact) mass is 382 g/mol. The van der Waals surface area contributed by atoms with Crippen molar-refractivity contribution in [2.75, 3.05) is 12.8 Å². The van der Waals surface area contributed by atoms with Crippen LogP contribution in [-0.2, 0) is 13.0 Å². The Hall–Kier alpha value is -1.85. The van der Waals surface area contributed by atoms with E-state index in [1.54, 1.807) is 11.8 Å².